The summed E-state index contributed by atoms with van der Waals surface area (Å²) in [7, 11) is 1.64. The third-order valence-corrected chi connectivity index (χ3v) is 3.74. The van der Waals surface area contributed by atoms with Crippen LogP contribution in [0.15, 0.2) is 51.9 Å². The van der Waals surface area contributed by atoms with Crippen LogP contribution in [0, 0.1) is 5.82 Å². The second-order valence-corrected chi connectivity index (χ2v) is 5.88. The molecule has 0 aliphatic heterocycles. The fourth-order valence-electron chi connectivity index (χ4n) is 2.13. The Kier molecular flexibility index (Phi) is 6.55. The van der Waals surface area contributed by atoms with Crippen molar-refractivity contribution in [3.05, 3.63) is 63.9 Å². The van der Waals surface area contributed by atoms with Crippen LogP contribution in [0.2, 0.25) is 0 Å². The van der Waals surface area contributed by atoms with Crippen molar-refractivity contribution in [3.63, 3.8) is 0 Å². The fourth-order valence-corrected chi connectivity index (χ4v) is 2.54. The Morgan fingerprint density at radius 1 is 1.26 bits per heavy atom. The van der Waals surface area contributed by atoms with Crippen molar-refractivity contribution in [2.75, 3.05) is 19.0 Å². The Hall–Kier alpha value is -1.92. The fraction of sp³-hybridized carbons (Fsp3) is 0.235. The van der Waals surface area contributed by atoms with E-state index in [1.54, 1.807) is 19.2 Å². The predicted molar refractivity (Wildman–Crippen MR) is 95.1 cm³/mol. The Morgan fingerprint density at radius 3 is 2.83 bits per heavy atom. The van der Waals surface area contributed by atoms with E-state index < -0.39 is 0 Å². The van der Waals surface area contributed by atoms with Crippen LogP contribution in [-0.2, 0) is 17.8 Å². The molecule has 23 heavy (non-hydrogen) atoms. The molecule has 3 N–H and O–H groups in total. The lowest BCUT2D eigenvalue weighted by atomic mass is 10.1. The summed E-state index contributed by atoms with van der Waals surface area (Å²) in [6.07, 6.45) is 0.480. The highest BCUT2D eigenvalue weighted by Gasteiger charge is 2.04. The summed E-state index contributed by atoms with van der Waals surface area (Å²) in [5.41, 5.74) is 8.35. The first-order valence-corrected chi connectivity index (χ1v) is 7.97. The number of para-hydroxylation sites is 1. The van der Waals surface area contributed by atoms with Gasteiger partial charge in [0.05, 0.1) is 6.61 Å². The lowest BCUT2D eigenvalue weighted by molar-refractivity contribution is 0.185. The molecular formula is C17H19BrFN3O. The Bertz CT molecular complexity index is 691. The normalized spacial score (nSPS) is 11.5. The number of anilines is 1. The number of aliphatic imine (C=N–C) groups is 1. The zero-order valence-electron chi connectivity index (χ0n) is 12.9. The van der Waals surface area contributed by atoms with Gasteiger partial charge >= 0.3 is 0 Å². The lowest BCUT2D eigenvalue weighted by Crippen LogP contribution is -2.23. The quantitative estimate of drug-likeness (QED) is 0.594. The Labute approximate surface area is 143 Å². The van der Waals surface area contributed by atoms with Crippen molar-refractivity contribution in [1.29, 1.82) is 0 Å². The number of hydrogen-bond acceptors (Lipinski definition) is 2. The van der Waals surface area contributed by atoms with Crippen LogP contribution in [0.3, 0.4) is 0 Å². The molecule has 0 saturated heterocycles. The number of nitrogens with one attached hydrogen (secondary N) is 1. The molecule has 0 saturated carbocycles. The van der Waals surface area contributed by atoms with Crippen molar-refractivity contribution in [2.45, 2.75) is 13.0 Å². The van der Waals surface area contributed by atoms with Gasteiger partial charge in [-0.05, 0) is 36.2 Å². The highest BCUT2D eigenvalue weighted by molar-refractivity contribution is 9.10. The summed E-state index contributed by atoms with van der Waals surface area (Å²) < 4.78 is 19.6. The highest BCUT2D eigenvalue weighted by atomic mass is 79.9. The van der Waals surface area contributed by atoms with Gasteiger partial charge in [-0.1, -0.05) is 34.1 Å². The van der Waals surface area contributed by atoms with Gasteiger partial charge in [-0.25, -0.2) is 4.39 Å². The summed E-state index contributed by atoms with van der Waals surface area (Å²) >= 11 is 3.33. The second-order valence-electron chi connectivity index (χ2n) is 4.97. The SMILES string of the molecule is COCc1ccccc1NC(N)=NCCc1cc(Br)ccc1F. The molecule has 0 aromatic heterocycles. The first kappa shape index (κ1) is 17.4. The van der Waals surface area contributed by atoms with E-state index in [4.69, 9.17) is 10.5 Å². The molecule has 6 heteroatoms. The van der Waals surface area contributed by atoms with Gasteiger partial charge in [0.1, 0.15) is 5.82 Å². The standard InChI is InChI=1S/C17H19BrFN3O/c1-23-11-13-4-2-3-5-16(13)22-17(20)21-9-8-12-10-14(18)6-7-15(12)19/h2-7,10H,8-9,11H2,1H3,(H3,20,21,22). The van der Waals surface area contributed by atoms with E-state index >= 15 is 0 Å². The van der Waals surface area contributed by atoms with E-state index in [-0.39, 0.29) is 5.82 Å². The molecule has 0 amide bonds. The molecule has 0 aliphatic carbocycles. The second kappa shape index (κ2) is 8.64. The molecule has 0 bridgehead atoms. The van der Waals surface area contributed by atoms with E-state index in [0.717, 1.165) is 15.7 Å². The Morgan fingerprint density at radius 2 is 2.04 bits per heavy atom. The minimum Gasteiger partial charge on any atom is -0.380 e. The van der Waals surface area contributed by atoms with Crippen LogP contribution in [0.25, 0.3) is 0 Å². The van der Waals surface area contributed by atoms with Gasteiger partial charge < -0.3 is 15.8 Å². The number of hydrogen-bond donors (Lipinski definition) is 2. The van der Waals surface area contributed by atoms with Crippen molar-refractivity contribution < 1.29 is 9.13 Å². The van der Waals surface area contributed by atoms with E-state index in [2.05, 4.69) is 26.2 Å². The molecule has 4 nitrogen and oxygen atoms in total. The molecule has 0 aliphatic rings. The van der Waals surface area contributed by atoms with Gasteiger partial charge in [0, 0.05) is 29.4 Å². The number of guanidine groups is 1. The smallest absolute Gasteiger partial charge is 0.193 e. The van der Waals surface area contributed by atoms with Gasteiger partial charge in [-0.3, -0.25) is 4.99 Å². The number of rotatable bonds is 6. The maximum Gasteiger partial charge on any atom is 0.193 e. The summed E-state index contributed by atoms with van der Waals surface area (Å²) in [6.45, 7) is 0.887. The number of benzene rings is 2. The van der Waals surface area contributed by atoms with E-state index in [1.807, 2.05) is 24.3 Å². The number of ether oxygens (including phenoxy) is 1. The van der Waals surface area contributed by atoms with Crippen molar-refractivity contribution in [1.82, 2.24) is 0 Å². The van der Waals surface area contributed by atoms with Gasteiger partial charge in [0.25, 0.3) is 0 Å². The molecule has 0 radical (unpaired) electrons. The van der Waals surface area contributed by atoms with E-state index in [1.165, 1.54) is 6.07 Å². The molecule has 2 rings (SSSR count). The molecule has 122 valence electrons. The molecule has 0 fully saturated rings. The highest BCUT2D eigenvalue weighted by Crippen LogP contribution is 2.17. The van der Waals surface area contributed by atoms with Crippen LogP contribution >= 0.6 is 15.9 Å². The zero-order chi connectivity index (χ0) is 16.7. The van der Waals surface area contributed by atoms with E-state index in [9.17, 15) is 4.39 Å². The van der Waals surface area contributed by atoms with Crippen LogP contribution in [0.1, 0.15) is 11.1 Å². The first-order chi connectivity index (χ1) is 11.1. The Balaban J connectivity index is 1.97. The average molecular weight is 380 g/mol. The van der Waals surface area contributed by atoms with Gasteiger partial charge in [-0.15, -0.1) is 0 Å². The molecule has 2 aromatic rings. The van der Waals surface area contributed by atoms with Gasteiger partial charge in [0.2, 0.25) is 0 Å². The minimum absolute atomic E-state index is 0.236. The molecule has 0 heterocycles. The summed E-state index contributed by atoms with van der Waals surface area (Å²) in [5, 5.41) is 3.05. The van der Waals surface area contributed by atoms with Gasteiger partial charge in [0.15, 0.2) is 5.96 Å². The van der Waals surface area contributed by atoms with Gasteiger partial charge in [-0.2, -0.15) is 0 Å². The minimum atomic E-state index is -0.236. The molecular weight excluding hydrogens is 361 g/mol. The van der Waals surface area contributed by atoms with E-state index in [0.29, 0.717) is 31.1 Å². The monoisotopic (exact) mass is 379 g/mol. The predicted octanol–water partition coefficient (Wildman–Crippen LogP) is 3.70. The van der Waals surface area contributed by atoms with Crippen LogP contribution < -0.4 is 11.1 Å². The molecule has 2 aromatic carbocycles. The first-order valence-electron chi connectivity index (χ1n) is 7.18. The van der Waals surface area contributed by atoms with Crippen molar-refractivity contribution in [2.24, 2.45) is 10.7 Å². The third kappa shape index (κ3) is 5.33. The largest absolute Gasteiger partial charge is 0.380 e. The number of halogens is 2. The molecule has 0 spiro atoms. The van der Waals surface area contributed by atoms with Crippen LogP contribution in [0.4, 0.5) is 10.1 Å². The summed E-state index contributed by atoms with van der Waals surface area (Å²) in [5.74, 6) is 0.0596. The van der Waals surface area contributed by atoms with Crippen LogP contribution in [0.5, 0.6) is 0 Å². The maximum absolute atomic E-state index is 13.6. The maximum atomic E-state index is 13.6. The molecule has 0 unspecified atom stereocenters. The topological polar surface area (TPSA) is 59.6 Å². The lowest BCUT2D eigenvalue weighted by Gasteiger charge is -2.11. The number of nitrogens with two attached hydrogens (primary N) is 1. The summed E-state index contributed by atoms with van der Waals surface area (Å²) in [4.78, 5) is 4.25. The summed E-state index contributed by atoms with van der Waals surface area (Å²) in [6, 6.07) is 12.6. The van der Waals surface area contributed by atoms with Crippen molar-refractivity contribution >= 4 is 27.6 Å². The third-order valence-electron chi connectivity index (χ3n) is 3.25. The zero-order valence-corrected chi connectivity index (χ0v) is 14.4. The average Bonchev–Trinajstić information content (AvgIpc) is 2.53. The van der Waals surface area contributed by atoms with Crippen molar-refractivity contribution in [3.8, 4) is 0 Å². The number of nitrogens with zero attached hydrogens (tertiary/aromatic N) is 1. The van der Waals surface area contributed by atoms with Crippen LogP contribution in [-0.4, -0.2) is 19.6 Å². The molecule has 0 atom stereocenters. The number of methoxy groups -OCH3 is 1.